The molecule has 65 heavy (non-hydrogen) atoms. The minimum absolute atomic E-state index is 0.0254. The van der Waals surface area contributed by atoms with Gasteiger partial charge in [-0.15, -0.1) is 0 Å². The fourth-order valence-electron chi connectivity index (χ4n) is 8.97. The normalized spacial score (nSPS) is 16.5. The molecule has 2 aliphatic rings. The number of sulfonamides is 2. The molecule has 0 bridgehead atoms. The van der Waals surface area contributed by atoms with Gasteiger partial charge in [-0.3, -0.25) is 9.59 Å². The number of nitrogens with one attached hydrogen (secondary N) is 1. The quantitative estimate of drug-likeness (QED) is 0.130. The van der Waals surface area contributed by atoms with Crippen molar-refractivity contribution in [3.63, 3.8) is 0 Å². The molecule has 14 nitrogen and oxygen atoms in total. The summed E-state index contributed by atoms with van der Waals surface area (Å²) in [7, 11) is -11.4. The van der Waals surface area contributed by atoms with Crippen molar-refractivity contribution in [1.29, 1.82) is 0 Å². The highest BCUT2D eigenvalue weighted by Crippen LogP contribution is 2.32. The molecular formula is C48H66N6O8S3. The predicted octanol–water partition coefficient (Wildman–Crippen LogP) is 8.41. The topological polar surface area (TPSA) is 170 Å². The second-order valence-electron chi connectivity index (χ2n) is 18.7. The van der Waals surface area contributed by atoms with Gasteiger partial charge >= 0.3 is 0 Å². The molecule has 7 rings (SSSR count). The summed E-state index contributed by atoms with van der Waals surface area (Å²) in [6.07, 6.45) is 3.38. The molecule has 5 aromatic rings. The summed E-state index contributed by atoms with van der Waals surface area (Å²) >= 11 is 0. The molecular weight excluding hydrogens is 885 g/mol. The Morgan fingerprint density at radius 1 is 0.538 bits per heavy atom. The number of aromatic amines is 1. The first kappa shape index (κ1) is 49.9. The number of hydrogen-bond donors (Lipinski definition) is 1. The molecule has 4 heterocycles. The van der Waals surface area contributed by atoms with Crippen LogP contribution in [-0.2, 0) is 30.1 Å². The molecule has 2 saturated heterocycles. The zero-order chi connectivity index (χ0) is 47.8. The lowest BCUT2D eigenvalue weighted by molar-refractivity contribution is 0.0628. The Bertz CT molecular complexity index is 2820. The van der Waals surface area contributed by atoms with Crippen molar-refractivity contribution in [3.8, 4) is 0 Å². The van der Waals surface area contributed by atoms with Gasteiger partial charge in [0.15, 0.2) is 0 Å². The van der Waals surface area contributed by atoms with Gasteiger partial charge in [-0.25, -0.2) is 29.2 Å². The number of aromatic nitrogens is 2. The third-order valence-corrected chi connectivity index (χ3v) is 18.0. The van der Waals surface area contributed by atoms with E-state index in [0.29, 0.717) is 49.1 Å². The average Bonchev–Trinajstić information content (AvgIpc) is 3.86. The third-order valence-electron chi connectivity index (χ3n) is 12.5. The fourth-order valence-corrected chi connectivity index (χ4v) is 13.5. The molecule has 1 N–H and O–H groups in total. The van der Waals surface area contributed by atoms with Gasteiger partial charge in [-0.1, -0.05) is 32.0 Å². The molecule has 2 aliphatic heterocycles. The Morgan fingerprint density at radius 2 is 0.985 bits per heavy atom. The van der Waals surface area contributed by atoms with E-state index in [4.69, 9.17) is 0 Å². The number of H-pyrrole nitrogens is 1. The summed E-state index contributed by atoms with van der Waals surface area (Å²) in [5.74, 6) is 0.535. The number of benzene rings is 3. The number of carbonyl (C=O) groups excluding carboxylic acids is 2. The Labute approximate surface area is 386 Å². The lowest BCUT2D eigenvalue weighted by atomic mass is 10.0. The molecule has 2 fully saturated rings. The van der Waals surface area contributed by atoms with Crippen LogP contribution in [-0.4, -0.2) is 115 Å². The van der Waals surface area contributed by atoms with Gasteiger partial charge in [0.05, 0.1) is 20.2 Å². The van der Waals surface area contributed by atoms with E-state index in [2.05, 4.69) is 18.8 Å². The molecule has 0 aliphatic carbocycles. The lowest BCUT2D eigenvalue weighted by Gasteiger charge is -2.31. The van der Waals surface area contributed by atoms with Crippen LogP contribution in [0.4, 0.5) is 0 Å². The first-order chi connectivity index (χ1) is 30.5. The number of amides is 2. The monoisotopic (exact) mass is 950 g/mol. The molecule has 0 saturated carbocycles. The Kier molecular flexibility index (Phi) is 15.1. The maximum atomic E-state index is 13.8. The van der Waals surface area contributed by atoms with Crippen LogP contribution in [0.2, 0.25) is 0 Å². The standard InChI is InChI=1S/C27H35N3O5S2.C21H31N3O3S/c1-19(2)29(20(3)4)27(31)26-18-22-17-24(36(32,33)28-15-13-21(5)14-16-28)11-12-25(22)30(26)37(34,35)23-9-7-6-8-10-23;1-14(2)24(15(3)4)21(25)20-13-17-12-18(6-7-19(17)22-20)28(26,27)23-10-8-16(5)9-11-23/h6-12,17-21H,13-16H2,1-5H3;6-7,12-16,22H,8-11H2,1-5H3. The van der Waals surface area contributed by atoms with Crippen molar-refractivity contribution in [3.05, 3.63) is 90.3 Å². The zero-order valence-corrected chi connectivity index (χ0v) is 41.8. The molecule has 0 spiro atoms. The number of carbonyl (C=O) groups is 2. The van der Waals surface area contributed by atoms with Crippen LogP contribution in [0.15, 0.2) is 93.5 Å². The minimum Gasteiger partial charge on any atom is -0.351 e. The van der Waals surface area contributed by atoms with Gasteiger partial charge in [0.25, 0.3) is 21.8 Å². The predicted molar refractivity (Wildman–Crippen MR) is 256 cm³/mol. The van der Waals surface area contributed by atoms with Gasteiger partial charge < -0.3 is 14.8 Å². The van der Waals surface area contributed by atoms with Gasteiger partial charge in [0.1, 0.15) is 11.4 Å². The highest BCUT2D eigenvalue weighted by atomic mass is 32.2. The smallest absolute Gasteiger partial charge is 0.272 e. The molecule has 0 unspecified atom stereocenters. The first-order valence-electron chi connectivity index (χ1n) is 22.7. The van der Waals surface area contributed by atoms with E-state index >= 15 is 0 Å². The number of fused-ring (bicyclic) bond motifs is 2. The van der Waals surface area contributed by atoms with E-state index in [9.17, 15) is 34.8 Å². The van der Waals surface area contributed by atoms with Crippen molar-refractivity contribution < 1.29 is 34.8 Å². The lowest BCUT2D eigenvalue weighted by Crippen LogP contribution is -2.43. The van der Waals surface area contributed by atoms with Crippen LogP contribution in [0.3, 0.4) is 0 Å². The van der Waals surface area contributed by atoms with E-state index in [1.165, 1.54) is 40.7 Å². The zero-order valence-electron chi connectivity index (χ0n) is 39.4. The highest BCUT2D eigenvalue weighted by molar-refractivity contribution is 7.90. The largest absolute Gasteiger partial charge is 0.351 e. The first-order valence-corrected chi connectivity index (χ1v) is 27.0. The second kappa shape index (κ2) is 19.7. The summed E-state index contributed by atoms with van der Waals surface area (Å²) in [5.41, 5.74) is 1.48. The summed E-state index contributed by atoms with van der Waals surface area (Å²) in [6, 6.07) is 20.4. The summed E-state index contributed by atoms with van der Waals surface area (Å²) in [4.78, 5) is 33.7. The Morgan fingerprint density at radius 3 is 1.46 bits per heavy atom. The maximum absolute atomic E-state index is 13.8. The number of piperidine rings is 2. The van der Waals surface area contributed by atoms with Gasteiger partial charge in [-0.05, 0) is 154 Å². The van der Waals surface area contributed by atoms with Crippen LogP contribution in [0.1, 0.15) is 116 Å². The van der Waals surface area contributed by atoms with Crippen LogP contribution >= 0.6 is 0 Å². The molecule has 0 radical (unpaired) electrons. The van der Waals surface area contributed by atoms with Gasteiger partial charge in [0.2, 0.25) is 20.0 Å². The summed E-state index contributed by atoms with van der Waals surface area (Å²) in [5, 5.41) is 1.11. The Balaban J connectivity index is 0.000000224. The average molecular weight is 951 g/mol. The van der Waals surface area contributed by atoms with E-state index in [1.54, 1.807) is 51.7 Å². The van der Waals surface area contributed by atoms with Gasteiger partial charge in [-0.2, -0.15) is 8.61 Å². The van der Waals surface area contributed by atoms with Gasteiger partial charge in [0, 0.05) is 66.6 Å². The summed E-state index contributed by atoms with van der Waals surface area (Å²) < 4.78 is 84.6. The van der Waals surface area contributed by atoms with Crippen molar-refractivity contribution in [2.75, 3.05) is 26.2 Å². The molecule has 0 atom stereocenters. The maximum Gasteiger partial charge on any atom is 0.272 e. The highest BCUT2D eigenvalue weighted by Gasteiger charge is 2.34. The molecule has 2 aromatic heterocycles. The second-order valence-corrected chi connectivity index (χ2v) is 24.4. The SMILES string of the molecule is CC1CCN(S(=O)(=O)c2ccc3[nH]c(C(=O)N(C(C)C)C(C)C)cc3c2)CC1.CC1CCN(S(=O)(=O)c2ccc3c(c2)cc(C(=O)N(C(C)C)C(C)C)n3S(=O)(=O)c2ccccc2)CC1. The summed E-state index contributed by atoms with van der Waals surface area (Å²) in [6.45, 7) is 21.8. The molecule has 3 aromatic carbocycles. The third kappa shape index (κ3) is 10.4. The van der Waals surface area contributed by atoms with Crippen molar-refractivity contribution in [1.82, 2.24) is 27.4 Å². The number of hydrogen-bond acceptors (Lipinski definition) is 8. The van der Waals surface area contributed by atoms with Crippen LogP contribution in [0, 0.1) is 11.8 Å². The van der Waals surface area contributed by atoms with Crippen LogP contribution in [0.25, 0.3) is 21.8 Å². The molecule has 17 heteroatoms. The fraction of sp³-hybridized carbons (Fsp3) is 0.500. The Hall–Kier alpha value is -4.55. The van der Waals surface area contributed by atoms with Crippen LogP contribution < -0.4 is 0 Å². The minimum atomic E-state index is -4.15. The van der Waals surface area contributed by atoms with Crippen molar-refractivity contribution >= 4 is 63.7 Å². The van der Waals surface area contributed by atoms with Crippen molar-refractivity contribution in [2.45, 2.75) is 134 Å². The van der Waals surface area contributed by atoms with Crippen LogP contribution in [0.5, 0.6) is 0 Å². The van der Waals surface area contributed by atoms with E-state index in [1.807, 2.05) is 60.3 Å². The molecule has 354 valence electrons. The number of rotatable bonds is 12. The number of nitrogens with zero attached hydrogens (tertiary/aromatic N) is 5. The van der Waals surface area contributed by atoms with E-state index < -0.39 is 36.0 Å². The van der Waals surface area contributed by atoms with Crippen molar-refractivity contribution in [2.24, 2.45) is 11.8 Å². The molecule has 2 amide bonds. The van der Waals surface area contributed by atoms with E-state index in [-0.39, 0.29) is 56.0 Å². The van der Waals surface area contributed by atoms with E-state index in [0.717, 1.165) is 40.6 Å².